The highest BCUT2D eigenvalue weighted by atomic mass is 16.5. The number of imidazole rings is 1. The molecule has 150 valence electrons. The van der Waals surface area contributed by atoms with E-state index in [0.717, 1.165) is 54.4 Å². The number of benzene rings is 2. The van der Waals surface area contributed by atoms with Crippen molar-refractivity contribution in [3.63, 3.8) is 0 Å². The van der Waals surface area contributed by atoms with Crippen molar-refractivity contribution in [1.82, 2.24) is 14.5 Å². The molecular formula is C25H29N3O. The van der Waals surface area contributed by atoms with E-state index in [-0.39, 0.29) is 0 Å². The summed E-state index contributed by atoms with van der Waals surface area (Å²) >= 11 is 0. The summed E-state index contributed by atoms with van der Waals surface area (Å²) in [7, 11) is 0. The standard InChI is InChI=1S/C25H29N3O/c1-3-15-27-16-14-20(17-27)18-28-19-26-24(21-10-6-5-7-11-21)25(28)22-12-8-9-13-23(22)29-4-2/h3,5-13,19-20H,1,4,14-18H2,2H3/t20-/m0/s1. The molecule has 0 amide bonds. The lowest BCUT2D eigenvalue weighted by atomic mass is 10.0. The number of hydrogen-bond acceptors (Lipinski definition) is 3. The third kappa shape index (κ3) is 4.28. The molecule has 1 aromatic heterocycles. The number of likely N-dealkylation sites (tertiary alicyclic amines) is 1. The fraction of sp³-hybridized carbons (Fsp3) is 0.320. The number of ether oxygens (including phenoxy) is 1. The Balaban J connectivity index is 1.73. The van der Waals surface area contributed by atoms with Gasteiger partial charge in [0.05, 0.1) is 24.3 Å². The van der Waals surface area contributed by atoms with Gasteiger partial charge in [0.1, 0.15) is 5.75 Å². The van der Waals surface area contributed by atoms with Crippen LogP contribution in [0, 0.1) is 5.92 Å². The van der Waals surface area contributed by atoms with Gasteiger partial charge in [0.15, 0.2) is 0 Å². The molecule has 4 rings (SSSR count). The van der Waals surface area contributed by atoms with Crippen LogP contribution in [-0.2, 0) is 6.54 Å². The van der Waals surface area contributed by atoms with Crippen LogP contribution in [0.5, 0.6) is 5.75 Å². The molecule has 0 aliphatic carbocycles. The average molecular weight is 388 g/mol. The third-order valence-corrected chi connectivity index (χ3v) is 5.54. The van der Waals surface area contributed by atoms with Crippen LogP contribution in [0.15, 0.2) is 73.6 Å². The van der Waals surface area contributed by atoms with E-state index in [1.165, 1.54) is 6.42 Å². The molecule has 0 radical (unpaired) electrons. The largest absolute Gasteiger partial charge is 0.493 e. The number of para-hydroxylation sites is 1. The highest BCUT2D eigenvalue weighted by Crippen LogP contribution is 2.37. The van der Waals surface area contributed by atoms with Gasteiger partial charge in [0.2, 0.25) is 0 Å². The minimum atomic E-state index is 0.616. The first-order valence-electron chi connectivity index (χ1n) is 10.5. The fourth-order valence-electron chi connectivity index (χ4n) is 4.24. The minimum Gasteiger partial charge on any atom is -0.493 e. The highest BCUT2D eigenvalue weighted by molar-refractivity contribution is 5.81. The molecule has 1 fully saturated rings. The van der Waals surface area contributed by atoms with Crippen molar-refractivity contribution in [3.8, 4) is 28.3 Å². The highest BCUT2D eigenvalue weighted by Gasteiger charge is 2.25. The second-order valence-electron chi connectivity index (χ2n) is 7.59. The maximum Gasteiger partial charge on any atom is 0.128 e. The first-order chi connectivity index (χ1) is 14.3. The van der Waals surface area contributed by atoms with Crippen LogP contribution in [-0.4, -0.2) is 40.7 Å². The molecule has 2 heterocycles. The van der Waals surface area contributed by atoms with Crippen LogP contribution in [0.25, 0.3) is 22.5 Å². The van der Waals surface area contributed by atoms with Crippen molar-refractivity contribution in [3.05, 3.63) is 73.6 Å². The Morgan fingerprint density at radius 1 is 1.14 bits per heavy atom. The third-order valence-electron chi connectivity index (χ3n) is 5.54. The van der Waals surface area contributed by atoms with Gasteiger partial charge >= 0.3 is 0 Å². The van der Waals surface area contributed by atoms with Gasteiger partial charge in [0.25, 0.3) is 0 Å². The smallest absolute Gasteiger partial charge is 0.128 e. The second kappa shape index (κ2) is 9.10. The molecule has 1 aliphatic rings. The molecule has 1 aliphatic heterocycles. The SMILES string of the molecule is C=CCN1CC[C@H](Cn2cnc(-c3ccccc3)c2-c2ccccc2OCC)C1. The van der Waals surface area contributed by atoms with Gasteiger partial charge in [-0.3, -0.25) is 4.90 Å². The average Bonchev–Trinajstić information content (AvgIpc) is 3.37. The minimum absolute atomic E-state index is 0.616. The van der Waals surface area contributed by atoms with E-state index in [1.54, 1.807) is 0 Å². The molecule has 4 nitrogen and oxygen atoms in total. The second-order valence-corrected chi connectivity index (χ2v) is 7.59. The van der Waals surface area contributed by atoms with Crippen molar-refractivity contribution in [2.24, 2.45) is 5.92 Å². The zero-order valence-corrected chi connectivity index (χ0v) is 17.1. The number of nitrogens with zero attached hydrogens (tertiary/aromatic N) is 3. The van der Waals surface area contributed by atoms with Gasteiger partial charge in [-0.1, -0.05) is 48.5 Å². The predicted octanol–water partition coefficient (Wildman–Crippen LogP) is 5.12. The van der Waals surface area contributed by atoms with Gasteiger partial charge in [-0.25, -0.2) is 4.98 Å². The Morgan fingerprint density at radius 2 is 1.93 bits per heavy atom. The van der Waals surface area contributed by atoms with E-state index >= 15 is 0 Å². The summed E-state index contributed by atoms with van der Waals surface area (Å²) in [5.41, 5.74) is 4.39. The summed E-state index contributed by atoms with van der Waals surface area (Å²) < 4.78 is 8.29. The summed E-state index contributed by atoms with van der Waals surface area (Å²) in [5, 5.41) is 0. The molecule has 29 heavy (non-hydrogen) atoms. The van der Waals surface area contributed by atoms with Crippen molar-refractivity contribution >= 4 is 0 Å². The molecule has 4 heteroatoms. The quantitative estimate of drug-likeness (QED) is 0.502. The first kappa shape index (κ1) is 19.5. The van der Waals surface area contributed by atoms with Gasteiger partial charge < -0.3 is 9.30 Å². The first-order valence-corrected chi connectivity index (χ1v) is 10.5. The Labute approximate surface area is 173 Å². The van der Waals surface area contributed by atoms with Gasteiger partial charge in [0, 0.05) is 30.8 Å². The monoisotopic (exact) mass is 387 g/mol. The fourth-order valence-corrected chi connectivity index (χ4v) is 4.24. The van der Waals surface area contributed by atoms with E-state index < -0.39 is 0 Å². The Kier molecular flexibility index (Phi) is 6.11. The van der Waals surface area contributed by atoms with Gasteiger partial charge in [-0.05, 0) is 37.9 Å². The van der Waals surface area contributed by atoms with Crippen LogP contribution in [0.3, 0.4) is 0 Å². The zero-order chi connectivity index (χ0) is 20.1. The van der Waals surface area contributed by atoms with E-state index in [1.807, 2.05) is 37.5 Å². The van der Waals surface area contributed by atoms with E-state index in [4.69, 9.17) is 9.72 Å². The van der Waals surface area contributed by atoms with E-state index in [9.17, 15) is 0 Å². The van der Waals surface area contributed by atoms with Crippen molar-refractivity contribution in [2.45, 2.75) is 19.9 Å². The predicted molar refractivity (Wildman–Crippen MR) is 119 cm³/mol. The molecule has 2 aromatic carbocycles. The molecule has 1 saturated heterocycles. The van der Waals surface area contributed by atoms with E-state index in [0.29, 0.717) is 12.5 Å². The Bertz CT molecular complexity index is 948. The lowest BCUT2D eigenvalue weighted by Crippen LogP contribution is -2.21. The topological polar surface area (TPSA) is 30.3 Å². The number of aromatic nitrogens is 2. The molecule has 0 bridgehead atoms. The molecule has 3 aromatic rings. The Morgan fingerprint density at radius 3 is 2.72 bits per heavy atom. The summed E-state index contributed by atoms with van der Waals surface area (Å²) in [6, 6.07) is 18.7. The summed E-state index contributed by atoms with van der Waals surface area (Å²) in [4.78, 5) is 7.31. The van der Waals surface area contributed by atoms with Crippen LogP contribution in [0.2, 0.25) is 0 Å². The molecule has 0 saturated carbocycles. The summed E-state index contributed by atoms with van der Waals surface area (Å²) in [6.45, 7) is 10.7. The van der Waals surface area contributed by atoms with Crippen molar-refractivity contribution in [2.75, 3.05) is 26.2 Å². The maximum absolute atomic E-state index is 5.97. The molecule has 0 N–H and O–H groups in total. The maximum atomic E-state index is 5.97. The van der Waals surface area contributed by atoms with Crippen LogP contribution < -0.4 is 4.74 Å². The molecule has 0 spiro atoms. The molecule has 0 unspecified atom stereocenters. The van der Waals surface area contributed by atoms with Crippen molar-refractivity contribution < 1.29 is 4.74 Å². The zero-order valence-electron chi connectivity index (χ0n) is 17.1. The molecular weight excluding hydrogens is 358 g/mol. The lowest BCUT2D eigenvalue weighted by Gasteiger charge is -2.18. The normalized spacial score (nSPS) is 16.8. The van der Waals surface area contributed by atoms with Crippen LogP contribution in [0.4, 0.5) is 0 Å². The number of rotatable bonds is 8. The molecule has 1 atom stereocenters. The van der Waals surface area contributed by atoms with Gasteiger partial charge in [-0.2, -0.15) is 0 Å². The summed E-state index contributed by atoms with van der Waals surface area (Å²) in [5.74, 6) is 1.53. The van der Waals surface area contributed by atoms with Crippen LogP contribution >= 0.6 is 0 Å². The van der Waals surface area contributed by atoms with Crippen LogP contribution in [0.1, 0.15) is 13.3 Å². The Hall–Kier alpha value is -2.85. The number of hydrogen-bond donors (Lipinski definition) is 0. The van der Waals surface area contributed by atoms with E-state index in [2.05, 4.69) is 52.4 Å². The van der Waals surface area contributed by atoms with Gasteiger partial charge in [-0.15, -0.1) is 6.58 Å². The summed E-state index contributed by atoms with van der Waals surface area (Å²) in [6.07, 6.45) is 5.20. The van der Waals surface area contributed by atoms with Crippen molar-refractivity contribution in [1.29, 1.82) is 0 Å². The lowest BCUT2D eigenvalue weighted by molar-refractivity contribution is 0.340.